The van der Waals surface area contributed by atoms with Crippen LogP contribution in [0, 0.1) is 17.3 Å². The first-order valence-corrected chi connectivity index (χ1v) is 10.5. The Morgan fingerprint density at radius 1 is 1.24 bits per heavy atom. The van der Waals surface area contributed by atoms with Gasteiger partial charge in [-0.2, -0.15) is 0 Å². The summed E-state index contributed by atoms with van der Waals surface area (Å²) in [6.07, 6.45) is 2.63. The van der Waals surface area contributed by atoms with Crippen molar-refractivity contribution in [1.29, 1.82) is 0 Å². The molecule has 1 heterocycles. The van der Waals surface area contributed by atoms with Gasteiger partial charge in [-0.25, -0.2) is 4.79 Å². The van der Waals surface area contributed by atoms with E-state index >= 15 is 0 Å². The predicted molar refractivity (Wildman–Crippen MR) is 107 cm³/mol. The van der Waals surface area contributed by atoms with Crippen LogP contribution in [0.5, 0.6) is 11.5 Å². The normalized spacial score (nSPS) is 40.7. The third-order valence-electron chi connectivity index (χ3n) is 7.73. The summed E-state index contributed by atoms with van der Waals surface area (Å²) in [4.78, 5) is 13.1. The number of benzene rings is 1. The maximum atomic E-state index is 13.1. The molecule has 1 aromatic carbocycles. The number of aliphatic hydroxyl groups excluding tert-OH is 1. The number of carbonyl (C=O) groups is 1. The molecule has 1 saturated heterocycles. The van der Waals surface area contributed by atoms with Gasteiger partial charge in [-0.3, -0.25) is 0 Å². The lowest BCUT2D eigenvalue weighted by atomic mass is 9.67. The number of esters is 1. The molecule has 29 heavy (non-hydrogen) atoms. The molecule has 6 nitrogen and oxygen atoms in total. The molecule has 0 spiro atoms. The molecule has 160 valence electrons. The van der Waals surface area contributed by atoms with Crippen molar-refractivity contribution in [3.05, 3.63) is 23.8 Å². The molecule has 4 rings (SSSR count). The largest absolute Gasteiger partial charge is 0.504 e. The summed E-state index contributed by atoms with van der Waals surface area (Å²) in [5.74, 6) is -0.344. The van der Waals surface area contributed by atoms with Gasteiger partial charge in [-0.15, -0.1) is 0 Å². The summed E-state index contributed by atoms with van der Waals surface area (Å²) in [7, 11) is 1.44. The van der Waals surface area contributed by atoms with Crippen molar-refractivity contribution in [2.75, 3.05) is 7.11 Å². The van der Waals surface area contributed by atoms with Gasteiger partial charge in [0.15, 0.2) is 11.5 Å². The van der Waals surface area contributed by atoms with Gasteiger partial charge in [0.05, 0.1) is 30.5 Å². The fourth-order valence-corrected chi connectivity index (χ4v) is 6.00. The standard InChI is InChI=1S/C23H32O6/c1-13(2)23(29-20(26)14-6-7-15(24)17(10-14)27-5)9-8-21(3)12-18-22(4,28-18)11-16(25)19(21)23/h6-7,10,13,16,18-19,24-25H,8-9,11-12H2,1-5H3/t16-,18-,19-,21+,22+,23+/m0/s1. The first-order chi connectivity index (χ1) is 13.5. The molecule has 6 atom stereocenters. The van der Waals surface area contributed by atoms with Gasteiger partial charge < -0.3 is 24.4 Å². The van der Waals surface area contributed by atoms with Crippen LogP contribution in [0.15, 0.2) is 18.2 Å². The number of aliphatic hydroxyl groups is 1. The monoisotopic (exact) mass is 404 g/mol. The number of fused-ring (bicyclic) bond motifs is 2. The zero-order chi connectivity index (χ0) is 21.2. The van der Waals surface area contributed by atoms with Crippen LogP contribution in [0.25, 0.3) is 0 Å². The van der Waals surface area contributed by atoms with E-state index < -0.39 is 17.7 Å². The van der Waals surface area contributed by atoms with Gasteiger partial charge in [0.1, 0.15) is 5.60 Å². The van der Waals surface area contributed by atoms with Gasteiger partial charge in [-0.1, -0.05) is 20.8 Å². The maximum Gasteiger partial charge on any atom is 0.338 e. The molecule has 0 amide bonds. The highest BCUT2D eigenvalue weighted by Gasteiger charge is 2.68. The van der Waals surface area contributed by atoms with Crippen LogP contribution in [-0.2, 0) is 9.47 Å². The highest BCUT2D eigenvalue weighted by Crippen LogP contribution is 2.64. The minimum absolute atomic E-state index is 0.0253. The van der Waals surface area contributed by atoms with Crippen LogP contribution >= 0.6 is 0 Å². The Balaban J connectivity index is 1.67. The van der Waals surface area contributed by atoms with Gasteiger partial charge in [0, 0.05) is 12.3 Å². The minimum Gasteiger partial charge on any atom is -0.504 e. The Hall–Kier alpha value is -1.79. The van der Waals surface area contributed by atoms with Crippen molar-refractivity contribution in [1.82, 2.24) is 0 Å². The second-order valence-corrected chi connectivity index (χ2v) is 9.91. The molecule has 2 saturated carbocycles. The summed E-state index contributed by atoms with van der Waals surface area (Å²) in [5, 5.41) is 21.1. The number of aromatic hydroxyl groups is 1. The molecule has 0 unspecified atom stereocenters. The third kappa shape index (κ3) is 3.12. The van der Waals surface area contributed by atoms with Crippen molar-refractivity contribution in [2.24, 2.45) is 17.3 Å². The first kappa shape index (κ1) is 20.5. The van der Waals surface area contributed by atoms with E-state index in [-0.39, 0.29) is 40.5 Å². The fraction of sp³-hybridized carbons (Fsp3) is 0.696. The number of ether oxygens (including phenoxy) is 3. The number of methoxy groups -OCH3 is 1. The smallest absolute Gasteiger partial charge is 0.338 e. The minimum atomic E-state index is -0.747. The van der Waals surface area contributed by atoms with Crippen LogP contribution in [-0.4, -0.2) is 46.7 Å². The zero-order valence-electron chi connectivity index (χ0n) is 17.9. The highest BCUT2D eigenvalue weighted by atomic mass is 16.6. The van der Waals surface area contributed by atoms with E-state index in [9.17, 15) is 15.0 Å². The number of phenols is 1. The van der Waals surface area contributed by atoms with Crippen molar-refractivity contribution in [2.45, 2.75) is 76.8 Å². The first-order valence-electron chi connectivity index (χ1n) is 10.5. The van der Waals surface area contributed by atoms with E-state index in [0.717, 1.165) is 12.8 Å². The van der Waals surface area contributed by atoms with Crippen LogP contribution in [0.3, 0.4) is 0 Å². The quantitative estimate of drug-likeness (QED) is 0.588. The van der Waals surface area contributed by atoms with Crippen molar-refractivity contribution in [3.8, 4) is 11.5 Å². The van der Waals surface area contributed by atoms with Crippen molar-refractivity contribution >= 4 is 5.97 Å². The predicted octanol–water partition coefficient (Wildman–Crippen LogP) is 3.68. The Labute approximate surface area is 172 Å². The second-order valence-electron chi connectivity index (χ2n) is 9.91. The SMILES string of the molecule is COc1cc(C(=O)O[C@@]2(C(C)C)CC[C@]3(C)C[C@@H]4O[C@]4(C)C[C@H](O)[C@@H]32)ccc1O. The van der Waals surface area contributed by atoms with E-state index in [1.807, 2.05) is 0 Å². The van der Waals surface area contributed by atoms with Gasteiger partial charge in [-0.05, 0) is 55.7 Å². The molecule has 3 fully saturated rings. The summed E-state index contributed by atoms with van der Waals surface area (Å²) in [6, 6.07) is 4.46. The number of carbonyl (C=O) groups excluding carboxylic acids is 1. The lowest BCUT2D eigenvalue weighted by Crippen LogP contribution is -2.52. The molecule has 2 aliphatic carbocycles. The second kappa shape index (κ2) is 6.61. The topological polar surface area (TPSA) is 88.5 Å². The number of rotatable bonds is 4. The molecule has 1 aliphatic heterocycles. The number of hydrogen-bond donors (Lipinski definition) is 2. The number of phenolic OH excluding ortho intramolecular Hbond substituents is 1. The average molecular weight is 405 g/mol. The highest BCUT2D eigenvalue weighted by molar-refractivity contribution is 5.90. The maximum absolute atomic E-state index is 13.1. The van der Waals surface area contributed by atoms with E-state index in [2.05, 4.69) is 27.7 Å². The lowest BCUT2D eigenvalue weighted by molar-refractivity contribution is -0.124. The van der Waals surface area contributed by atoms with Gasteiger partial charge in [0.25, 0.3) is 0 Å². The van der Waals surface area contributed by atoms with Crippen molar-refractivity contribution < 1.29 is 29.2 Å². The molecule has 0 radical (unpaired) electrons. The Morgan fingerprint density at radius 2 is 1.97 bits per heavy atom. The van der Waals surface area contributed by atoms with Crippen molar-refractivity contribution in [3.63, 3.8) is 0 Å². The van der Waals surface area contributed by atoms with E-state index in [4.69, 9.17) is 14.2 Å². The van der Waals surface area contributed by atoms with Crippen LogP contribution in [0.1, 0.15) is 63.7 Å². The molecule has 2 N–H and O–H groups in total. The molecule has 0 aromatic heterocycles. The number of hydrogen-bond acceptors (Lipinski definition) is 6. The zero-order valence-corrected chi connectivity index (χ0v) is 17.9. The molecular weight excluding hydrogens is 372 g/mol. The Kier molecular flexibility index (Phi) is 4.67. The summed E-state index contributed by atoms with van der Waals surface area (Å²) >= 11 is 0. The summed E-state index contributed by atoms with van der Waals surface area (Å²) < 4.78 is 17.3. The Bertz CT molecular complexity index is 822. The summed E-state index contributed by atoms with van der Waals surface area (Å²) in [6.45, 7) is 8.40. The van der Waals surface area contributed by atoms with E-state index in [0.29, 0.717) is 18.4 Å². The van der Waals surface area contributed by atoms with Gasteiger partial charge in [0.2, 0.25) is 0 Å². The lowest BCUT2D eigenvalue weighted by Gasteiger charge is -2.45. The van der Waals surface area contributed by atoms with Gasteiger partial charge >= 0.3 is 5.97 Å². The number of epoxide rings is 1. The molecule has 1 aromatic rings. The molecule has 6 heteroatoms. The molecule has 3 aliphatic rings. The molecular formula is C23H32O6. The van der Waals surface area contributed by atoms with E-state index in [1.54, 1.807) is 0 Å². The Morgan fingerprint density at radius 3 is 2.62 bits per heavy atom. The van der Waals surface area contributed by atoms with Crippen LogP contribution in [0.2, 0.25) is 0 Å². The fourth-order valence-electron chi connectivity index (χ4n) is 6.00. The molecule has 0 bridgehead atoms. The van der Waals surface area contributed by atoms with Crippen LogP contribution in [0.4, 0.5) is 0 Å². The van der Waals surface area contributed by atoms with Crippen LogP contribution < -0.4 is 4.74 Å². The van der Waals surface area contributed by atoms with E-state index in [1.165, 1.54) is 25.3 Å². The average Bonchev–Trinajstić information content (AvgIpc) is 3.16. The third-order valence-corrected chi connectivity index (χ3v) is 7.73. The summed E-state index contributed by atoms with van der Waals surface area (Å²) in [5.41, 5.74) is -0.822.